The number of methoxy groups -OCH3 is 1. The van der Waals surface area contributed by atoms with E-state index in [0.717, 1.165) is 16.2 Å². The number of β-lactam (4-membered cyclic amide) rings is 1. The zero-order valence-corrected chi connectivity index (χ0v) is 13.3. The molecular weight excluding hydrogens is 282 g/mol. The predicted molar refractivity (Wildman–Crippen MR) is 83.5 cm³/mol. The number of amides is 2. The van der Waals surface area contributed by atoms with Crippen molar-refractivity contribution in [2.75, 3.05) is 7.11 Å². The number of likely N-dealkylation sites (tertiary alicyclic amines) is 1. The Labute approximate surface area is 130 Å². The Morgan fingerprint density at radius 3 is 2.68 bits per heavy atom. The van der Waals surface area contributed by atoms with Crippen molar-refractivity contribution in [1.82, 2.24) is 4.90 Å². The highest BCUT2D eigenvalue weighted by Gasteiger charge is 2.41. The van der Waals surface area contributed by atoms with Gasteiger partial charge < -0.3 is 9.47 Å². The van der Waals surface area contributed by atoms with Crippen molar-refractivity contribution < 1.29 is 19.1 Å². The molecule has 1 fully saturated rings. The summed E-state index contributed by atoms with van der Waals surface area (Å²) in [4.78, 5) is 24.8. The Kier molecular flexibility index (Phi) is 4.54. The van der Waals surface area contributed by atoms with Crippen molar-refractivity contribution in [3.63, 3.8) is 0 Å². The number of rotatable bonds is 3. The van der Waals surface area contributed by atoms with E-state index in [1.54, 1.807) is 27.9 Å². The monoisotopic (exact) mass is 303 g/mol. The SMILES string of the molecule is COc1cccc(C=CC2CC(=O)N2C(=O)OC(C)(C)C)c1. The molecule has 1 heterocycles. The van der Waals surface area contributed by atoms with Crippen LogP contribution in [0.4, 0.5) is 4.79 Å². The minimum Gasteiger partial charge on any atom is -0.497 e. The molecule has 0 bridgehead atoms. The smallest absolute Gasteiger partial charge is 0.417 e. The van der Waals surface area contributed by atoms with Crippen LogP contribution in [-0.2, 0) is 9.53 Å². The third-order valence-corrected chi connectivity index (χ3v) is 3.18. The van der Waals surface area contributed by atoms with E-state index < -0.39 is 11.7 Å². The van der Waals surface area contributed by atoms with Gasteiger partial charge in [0.05, 0.1) is 19.6 Å². The molecule has 0 aliphatic carbocycles. The normalized spacial score (nSPS) is 18.3. The van der Waals surface area contributed by atoms with Gasteiger partial charge >= 0.3 is 6.09 Å². The number of hydrogen-bond donors (Lipinski definition) is 0. The summed E-state index contributed by atoms with van der Waals surface area (Å²) in [5.74, 6) is 0.547. The van der Waals surface area contributed by atoms with Gasteiger partial charge in [-0.05, 0) is 38.5 Å². The second-order valence-corrected chi connectivity index (χ2v) is 6.15. The number of ether oxygens (including phenoxy) is 2. The van der Waals surface area contributed by atoms with Crippen LogP contribution in [0.2, 0.25) is 0 Å². The molecule has 1 aliphatic heterocycles. The molecule has 0 spiro atoms. The number of carbonyl (C=O) groups excluding carboxylic acids is 2. The summed E-state index contributed by atoms with van der Waals surface area (Å²) in [6.07, 6.45) is 3.43. The Hall–Kier alpha value is -2.30. The lowest BCUT2D eigenvalue weighted by molar-refractivity contribution is -0.141. The van der Waals surface area contributed by atoms with Gasteiger partial charge in [0.1, 0.15) is 11.4 Å². The standard InChI is InChI=1S/C17H21NO4/c1-17(2,3)22-16(20)18-13(11-15(18)19)9-8-12-6-5-7-14(10-12)21-4/h5-10,13H,11H2,1-4H3. The van der Waals surface area contributed by atoms with E-state index in [1.807, 2.05) is 36.4 Å². The first-order chi connectivity index (χ1) is 10.3. The maximum atomic E-state index is 12.0. The van der Waals surface area contributed by atoms with Gasteiger partial charge in [0, 0.05) is 0 Å². The summed E-state index contributed by atoms with van der Waals surface area (Å²) < 4.78 is 10.4. The van der Waals surface area contributed by atoms with Crippen molar-refractivity contribution in [2.24, 2.45) is 0 Å². The Balaban J connectivity index is 2.04. The first kappa shape index (κ1) is 16.1. The van der Waals surface area contributed by atoms with Gasteiger partial charge in [-0.3, -0.25) is 4.79 Å². The van der Waals surface area contributed by atoms with Gasteiger partial charge in [-0.2, -0.15) is 0 Å². The van der Waals surface area contributed by atoms with Crippen molar-refractivity contribution in [2.45, 2.75) is 38.8 Å². The van der Waals surface area contributed by atoms with E-state index in [0.29, 0.717) is 6.42 Å². The molecule has 118 valence electrons. The number of carbonyl (C=O) groups is 2. The summed E-state index contributed by atoms with van der Waals surface area (Å²) in [6, 6.07) is 7.30. The van der Waals surface area contributed by atoms with Crippen molar-refractivity contribution in [1.29, 1.82) is 0 Å². The first-order valence-electron chi connectivity index (χ1n) is 7.17. The minimum atomic E-state index is -0.617. The third kappa shape index (κ3) is 3.87. The number of benzene rings is 1. The zero-order valence-electron chi connectivity index (χ0n) is 13.3. The Morgan fingerprint density at radius 1 is 1.36 bits per heavy atom. The lowest BCUT2D eigenvalue weighted by atomic mass is 10.0. The van der Waals surface area contributed by atoms with E-state index in [-0.39, 0.29) is 11.9 Å². The van der Waals surface area contributed by atoms with Crippen molar-refractivity contribution in [3.05, 3.63) is 35.9 Å². The predicted octanol–water partition coefficient (Wildman–Crippen LogP) is 3.24. The van der Waals surface area contributed by atoms with Crippen LogP contribution in [0.3, 0.4) is 0 Å². The van der Waals surface area contributed by atoms with Crippen molar-refractivity contribution >= 4 is 18.1 Å². The number of hydrogen-bond acceptors (Lipinski definition) is 4. The lowest BCUT2D eigenvalue weighted by Crippen LogP contribution is -2.55. The fourth-order valence-electron chi connectivity index (χ4n) is 2.11. The van der Waals surface area contributed by atoms with Crippen LogP contribution in [0.1, 0.15) is 32.8 Å². The van der Waals surface area contributed by atoms with Gasteiger partial charge in [0.15, 0.2) is 0 Å². The molecule has 5 heteroatoms. The molecule has 1 aliphatic rings. The molecule has 1 atom stereocenters. The summed E-state index contributed by atoms with van der Waals surface area (Å²) in [6.45, 7) is 5.32. The van der Waals surface area contributed by atoms with Crippen LogP contribution in [-0.4, -0.2) is 35.7 Å². The molecule has 2 amide bonds. The minimum absolute atomic E-state index is 0.213. The van der Waals surface area contributed by atoms with Crippen LogP contribution >= 0.6 is 0 Å². The van der Waals surface area contributed by atoms with E-state index in [1.165, 1.54) is 0 Å². The highest BCUT2D eigenvalue weighted by molar-refractivity contribution is 5.98. The molecule has 5 nitrogen and oxygen atoms in total. The van der Waals surface area contributed by atoms with E-state index in [2.05, 4.69) is 0 Å². The maximum Gasteiger partial charge on any atom is 0.417 e. The number of nitrogens with zero attached hydrogens (tertiary/aromatic N) is 1. The van der Waals surface area contributed by atoms with Gasteiger partial charge in [0.2, 0.25) is 5.91 Å². The molecule has 1 aromatic rings. The highest BCUT2D eigenvalue weighted by Crippen LogP contribution is 2.25. The summed E-state index contributed by atoms with van der Waals surface area (Å²) >= 11 is 0. The molecule has 0 saturated carbocycles. The van der Waals surface area contributed by atoms with Gasteiger partial charge in [-0.1, -0.05) is 24.3 Å². The molecule has 0 radical (unpaired) electrons. The topological polar surface area (TPSA) is 55.8 Å². The summed E-state index contributed by atoms with van der Waals surface area (Å²) in [5, 5.41) is 0. The largest absolute Gasteiger partial charge is 0.497 e. The average Bonchev–Trinajstić information content (AvgIpc) is 2.41. The average molecular weight is 303 g/mol. The first-order valence-corrected chi connectivity index (χ1v) is 7.17. The van der Waals surface area contributed by atoms with Gasteiger partial charge in [-0.25, -0.2) is 9.69 Å². The highest BCUT2D eigenvalue weighted by atomic mass is 16.6. The van der Waals surface area contributed by atoms with E-state index in [9.17, 15) is 9.59 Å². The van der Waals surface area contributed by atoms with Crippen molar-refractivity contribution in [3.8, 4) is 5.75 Å². The second kappa shape index (κ2) is 6.22. The molecule has 0 aromatic heterocycles. The quantitative estimate of drug-likeness (QED) is 0.804. The second-order valence-electron chi connectivity index (χ2n) is 6.15. The van der Waals surface area contributed by atoms with Crippen LogP contribution in [0.15, 0.2) is 30.3 Å². The van der Waals surface area contributed by atoms with Crippen LogP contribution in [0, 0.1) is 0 Å². The third-order valence-electron chi connectivity index (χ3n) is 3.18. The summed E-state index contributed by atoms with van der Waals surface area (Å²) in [7, 11) is 1.61. The van der Waals surface area contributed by atoms with E-state index in [4.69, 9.17) is 9.47 Å². The maximum absolute atomic E-state index is 12.0. The molecule has 1 aromatic carbocycles. The molecular formula is C17H21NO4. The number of imide groups is 1. The van der Waals surface area contributed by atoms with Crippen LogP contribution in [0.25, 0.3) is 6.08 Å². The van der Waals surface area contributed by atoms with E-state index >= 15 is 0 Å². The van der Waals surface area contributed by atoms with Crippen LogP contribution < -0.4 is 4.74 Å². The fraction of sp³-hybridized carbons (Fsp3) is 0.412. The molecule has 0 N–H and O–H groups in total. The molecule has 1 unspecified atom stereocenters. The van der Waals surface area contributed by atoms with Crippen LogP contribution in [0.5, 0.6) is 5.75 Å². The zero-order chi connectivity index (χ0) is 16.3. The Bertz CT molecular complexity index is 601. The molecule has 22 heavy (non-hydrogen) atoms. The summed E-state index contributed by atoms with van der Waals surface area (Å²) in [5.41, 5.74) is 0.330. The van der Waals surface area contributed by atoms with Gasteiger partial charge in [0.25, 0.3) is 0 Å². The molecule has 1 saturated heterocycles. The Morgan fingerprint density at radius 2 is 2.09 bits per heavy atom. The lowest BCUT2D eigenvalue weighted by Gasteiger charge is -2.37. The fourth-order valence-corrected chi connectivity index (χ4v) is 2.11. The molecule has 2 rings (SSSR count). The van der Waals surface area contributed by atoms with Gasteiger partial charge in [-0.15, -0.1) is 0 Å².